The number of hydrogen-bond acceptors (Lipinski definition) is 5. The van der Waals surface area contributed by atoms with Crippen LogP contribution in [0.15, 0.2) is 24.3 Å². The Kier molecular flexibility index (Phi) is 9.17. The van der Waals surface area contributed by atoms with Crippen molar-refractivity contribution in [3.05, 3.63) is 34.9 Å². The van der Waals surface area contributed by atoms with Gasteiger partial charge >= 0.3 is 0 Å². The summed E-state index contributed by atoms with van der Waals surface area (Å²) in [6, 6.07) is 6.00. The van der Waals surface area contributed by atoms with Gasteiger partial charge in [-0.05, 0) is 31.0 Å². The first-order valence-electron chi connectivity index (χ1n) is 8.40. The molecule has 8 nitrogen and oxygen atoms in total. The quantitative estimate of drug-likeness (QED) is 0.535. The zero-order valence-corrected chi connectivity index (χ0v) is 17.3. The second kappa shape index (κ2) is 10.6. The number of aliphatic hydroxyl groups excluding tert-OH is 1. The normalized spacial score (nSPS) is 12.7. The van der Waals surface area contributed by atoms with Crippen LogP contribution in [0.4, 0.5) is 0 Å². The Morgan fingerprint density at radius 2 is 1.85 bits per heavy atom. The van der Waals surface area contributed by atoms with Crippen molar-refractivity contribution in [3.8, 4) is 0 Å². The van der Waals surface area contributed by atoms with Crippen molar-refractivity contribution in [2.24, 2.45) is 0 Å². The lowest BCUT2D eigenvalue weighted by atomic mass is 10.1. The fraction of sp³-hybridized carbons (Fsp3) is 0.529. The van der Waals surface area contributed by atoms with Crippen molar-refractivity contribution in [2.75, 3.05) is 33.0 Å². The van der Waals surface area contributed by atoms with Crippen LogP contribution in [0.2, 0.25) is 5.02 Å². The first-order valence-corrected chi connectivity index (χ1v) is 10.6. The maximum Gasteiger partial charge on any atom is 0.242 e. The van der Waals surface area contributed by atoms with Crippen LogP contribution in [0.1, 0.15) is 18.9 Å². The van der Waals surface area contributed by atoms with E-state index in [1.807, 2.05) is 0 Å². The highest BCUT2D eigenvalue weighted by molar-refractivity contribution is 7.88. The van der Waals surface area contributed by atoms with Gasteiger partial charge in [0.05, 0.1) is 12.8 Å². The standard InChI is InChI=1S/C17H26ClN3O5S/c1-13(17(24)19-9-4-10-22)21(11-14-5-7-15(18)8-6-14)16(23)12-20(2)27(3,25)26/h5-8,13,22H,4,9-12H2,1-3H3,(H,19,24)/t13-/m0/s1. The van der Waals surface area contributed by atoms with Crippen LogP contribution in [0, 0.1) is 0 Å². The molecule has 10 heteroatoms. The third-order valence-electron chi connectivity index (χ3n) is 3.99. The Balaban J connectivity index is 2.98. The Hall–Kier alpha value is -1.68. The van der Waals surface area contributed by atoms with Crippen LogP contribution < -0.4 is 5.32 Å². The van der Waals surface area contributed by atoms with Crippen LogP contribution in [0.5, 0.6) is 0 Å². The number of benzene rings is 1. The molecule has 27 heavy (non-hydrogen) atoms. The van der Waals surface area contributed by atoms with Gasteiger partial charge in [0.2, 0.25) is 21.8 Å². The molecule has 1 rings (SSSR count). The summed E-state index contributed by atoms with van der Waals surface area (Å²) in [5.74, 6) is -0.879. The van der Waals surface area contributed by atoms with E-state index in [4.69, 9.17) is 16.7 Å². The van der Waals surface area contributed by atoms with Gasteiger partial charge in [0.15, 0.2) is 0 Å². The van der Waals surface area contributed by atoms with Gasteiger partial charge in [-0.2, -0.15) is 4.31 Å². The number of rotatable bonds is 10. The van der Waals surface area contributed by atoms with Gasteiger partial charge in [-0.3, -0.25) is 9.59 Å². The third kappa shape index (κ3) is 7.84. The summed E-state index contributed by atoms with van der Waals surface area (Å²) in [6.45, 7) is 1.55. The van der Waals surface area contributed by atoms with Crippen LogP contribution >= 0.6 is 11.6 Å². The second-order valence-corrected chi connectivity index (χ2v) is 8.74. The summed E-state index contributed by atoms with van der Waals surface area (Å²) in [6.07, 6.45) is 1.41. The van der Waals surface area contributed by atoms with Crippen LogP contribution in [0.25, 0.3) is 0 Å². The average molecular weight is 420 g/mol. The van der Waals surface area contributed by atoms with Crippen molar-refractivity contribution >= 4 is 33.4 Å². The minimum absolute atomic E-state index is 0.0543. The van der Waals surface area contributed by atoms with Crippen molar-refractivity contribution < 1.29 is 23.1 Å². The van der Waals surface area contributed by atoms with E-state index < -0.39 is 22.0 Å². The number of aliphatic hydroxyl groups is 1. The SMILES string of the molecule is C[C@@H](C(=O)NCCCO)N(Cc1ccc(Cl)cc1)C(=O)CN(C)S(C)(=O)=O. The van der Waals surface area contributed by atoms with Gasteiger partial charge in [0.25, 0.3) is 0 Å². The topological polar surface area (TPSA) is 107 Å². The van der Waals surface area contributed by atoms with E-state index in [1.165, 1.54) is 11.9 Å². The largest absolute Gasteiger partial charge is 0.396 e. The number of carbonyl (C=O) groups is 2. The van der Waals surface area contributed by atoms with E-state index >= 15 is 0 Å². The molecule has 0 fully saturated rings. The molecule has 0 heterocycles. The van der Waals surface area contributed by atoms with Gasteiger partial charge in [-0.25, -0.2) is 8.42 Å². The fourth-order valence-electron chi connectivity index (χ4n) is 2.21. The molecule has 0 spiro atoms. The summed E-state index contributed by atoms with van der Waals surface area (Å²) in [5, 5.41) is 12.0. The van der Waals surface area contributed by atoms with Gasteiger partial charge in [-0.1, -0.05) is 23.7 Å². The maximum atomic E-state index is 12.7. The summed E-state index contributed by atoms with van der Waals surface area (Å²) in [7, 11) is -2.23. The predicted molar refractivity (Wildman–Crippen MR) is 104 cm³/mol. The smallest absolute Gasteiger partial charge is 0.242 e. The molecule has 152 valence electrons. The molecule has 2 N–H and O–H groups in total. The molecule has 0 radical (unpaired) electrons. The highest BCUT2D eigenvalue weighted by Crippen LogP contribution is 2.14. The number of halogens is 1. The number of likely N-dealkylation sites (N-methyl/N-ethyl adjacent to an activating group) is 1. The number of hydrogen-bond donors (Lipinski definition) is 2. The van der Waals surface area contributed by atoms with E-state index in [0.717, 1.165) is 16.1 Å². The highest BCUT2D eigenvalue weighted by atomic mass is 35.5. The molecule has 0 aliphatic carbocycles. The Labute approximate surface area is 165 Å². The predicted octanol–water partition coefficient (Wildman–Crippen LogP) is 0.447. The second-order valence-electron chi connectivity index (χ2n) is 6.21. The Morgan fingerprint density at radius 1 is 1.26 bits per heavy atom. The molecule has 0 aliphatic heterocycles. The van der Waals surface area contributed by atoms with E-state index in [-0.39, 0.29) is 32.1 Å². The fourth-order valence-corrected chi connectivity index (χ4v) is 2.68. The molecule has 0 unspecified atom stereocenters. The van der Waals surface area contributed by atoms with Crippen molar-refractivity contribution in [3.63, 3.8) is 0 Å². The molecule has 0 aromatic heterocycles. The van der Waals surface area contributed by atoms with Gasteiger partial charge < -0.3 is 15.3 Å². The van der Waals surface area contributed by atoms with Gasteiger partial charge in [0, 0.05) is 31.8 Å². The molecule has 1 aromatic carbocycles. The number of carbonyl (C=O) groups excluding carboxylic acids is 2. The average Bonchev–Trinajstić information content (AvgIpc) is 2.59. The summed E-state index contributed by atoms with van der Waals surface area (Å²) < 4.78 is 24.1. The van der Waals surface area contributed by atoms with Crippen LogP contribution in [-0.4, -0.2) is 73.6 Å². The number of sulfonamides is 1. The molecule has 1 aromatic rings. The zero-order chi connectivity index (χ0) is 20.6. The summed E-state index contributed by atoms with van der Waals surface area (Å²) in [5.41, 5.74) is 0.754. The number of amides is 2. The Bertz CT molecular complexity index is 739. The monoisotopic (exact) mass is 419 g/mol. The summed E-state index contributed by atoms with van der Waals surface area (Å²) in [4.78, 5) is 26.4. The third-order valence-corrected chi connectivity index (χ3v) is 5.51. The molecule has 1 atom stereocenters. The lowest BCUT2D eigenvalue weighted by Crippen LogP contribution is -2.50. The summed E-state index contributed by atoms with van der Waals surface area (Å²) >= 11 is 5.88. The first kappa shape index (κ1) is 23.4. The molecule has 2 amide bonds. The van der Waals surface area contributed by atoms with Crippen molar-refractivity contribution in [1.82, 2.24) is 14.5 Å². The highest BCUT2D eigenvalue weighted by Gasteiger charge is 2.28. The van der Waals surface area contributed by atoms with Crippen molar-refractivity contribution in [2.45, 2.75) is 25.9 Å². The molecule has 0 bridgehead atoms. The van der Waals surface area contributed by atoms with Gasteiger partial charge in [-0.15, -0.1) is 0 Å². The molecular formula is C17H26ClN3O5S. The van der Waals surface area contributed by atoms with Crippen molar-refractivity contribution in [1.29, 1.82) is 0 Å². The van der Waals surface area contributed by atoms with Gasteiger partial charge in [0.1, 0.15) is 6.04 Å². The first-order chi connectivity index (χ1) is 12.6. The van der Waals surface area contributed by atoms with E-state index in [1.54, 1.807) is 31.2 Å². The molecule has 0 saturated carbocycles. The minimum Gasteiger partial charge on any atom is -0.396 e. The number of nitrogens with one attached hydrogen (secondary N) is 1. The van der Waals surface area contributed by atoms with Crippen LogP contribution in [0.3, 0.4) is 0 Å². The minimum atomic E-state index is -3.53. The van der Waals surface area contributed by atoms with E-state index in [2.05, 4.69) is 5.32 Å². The van der Waals surface area contributed by atoms with E-state index in [0.29, 0.717) is 11.4 Å². The van der Waals surface area contributed by atoms with Crippen LogP contribution in [-0.2, 0) is 26.2 Å². The molecule has 0 aliphatic rings. The Morgan fingerprint density at radius 3 is 2.37 bits per heavy atom. The zero-order valence-electron chi connectivity index (χ0n) is 15.7. The lowest BCUT2D eigenvalue weighted by molar-refractivity contribution is -0.140. The maximum absolute atomic E-state index is 12.7. The molecular weight excluding hydrogens is 394 g/mol. The number of nitrogens with zero attached hydrogens (tertiary/aromatic N) is 2. The van der Waals surface area contributed by atoms with E-state index in [9.17, 15) is 18.0 Å². The molecule has 0 saturated heterocycles. The lowest BCUT2D eigenvalue weighted by Gasteiger charge is -2.30.